The number of carboxylic acids is 1. The van der Waals surface area contributed by atoms with Crippen molar-refractivity contribution in [3.05, 3.63) is 59.1 Å². The molecule has 2 aromatic rings. The Morgan fingerprint density at radius 1 is 1.08 bits per heavy atom. The molecule has 0 aliphatic carbocycles. The molecule has 2 rings (SSSR count). The molecule has 0 radical (unpaired) electrons. The minimum atomic E-state index is -2.20. The number of benzene rings is 2. The standard InChI is InChI=1S/C18H17ClFNO3/c1-18(2,15(20)17(22)23)16(21-24)13-5-3-11(4-6-13)12-7-9-14(19)10-8-12/h3-10,15,24H,1-2H3,(H,22,23)/b21-16-. The molecule has 4 nitrogen and oxygen atoms in total. The van der Waals surface area contributed by atoms with Crippen LogP contribution in [0.3, 0.4) is 0 Å². The smallest absolute Gasteiger partial charge is 0.339 e. The Hall–Kier alpha value is -2.40. The van der Waals surface area contributed by atoms with Crippen molar-refractivity contribution in [2.45, 2.75) is 20.0 Å². The van der Waals surface area contributed by atoms with Crippen LogP contribution in [0.2, 0.25) is 5.02 Å². The normalized spacial score (nSPS) is 13.6. The molecular weight excluding hydrogens is 333 g/mol. The third kappa shape index (κ3) is 3.57. The third-order valence-corrected chi connectivity index (χ3v) is 4.15. The van der Waals surface area contributed by atoms with E-state index in [1.54, 1.807) is 36.4 Å². The van der Waals surface area contributed by atoms with Crippen LogP contribution in [0.15, 0.2) is 53.7 Å². The van der Waals surface area contributed by atoms with Crippen LogP contribution in [-0.4, -0.2) is 28.2 Å². The van der Waals surface area contributed by atoms with Gasteiger partial charge in [0.05, 0.1) is 11.1 Å². The Morgan fingerprint density at radius 3 is 1.96 bits per heavy atom. The fourth-order valence-electron chi connectivity index (χ4n) is 2.45. The summed E-state index contributed by atoms with van der Waals surface area (Å²) < 4.78 is 14.0. The molecule has 24 heavy (non-hydrogen) atoms. The van der Waals surface area contributed by atoms with Gasteiger partial charge in [-0.2, -0.15) is 0 Å². The van der Waals surface area contributed by atoms with E-state index in [0.29, 0.717) is 10.6 Å². The molecule has 0 heterocycles. The zero-order chi connectivity index (χ0) is 17.9. The fourth-order valence-corrected chi connectivity index (χ4v) is 2.58. The minimum Gasteiger partial charge on any atom is -0.479 e. The van der Waals surface area contributed by atoms with E-state index >= 15 is 0 Å². The number of carboxylic acid groups (broad SMARTS) is 1. The summed E-state index contributed by atoms with van der Waals surface area (Å²) in [5.41, 5.74) is 0.786. The van der Waals surface area contributed by atoms with Gasteiger partial charge in [0, 0.05) is 10.6 Å². The molecule has 0 amide bonds. The van der Waals surface area contributed by atoms with Crippen LogP contribution in [0.4, 0.5) is 4.39 Å². The topological polar surface area (TPSA) is 69.9 Å². The van der Waals surface area contributed by atoms with E-state index < -0.39 is 17.6 Å². The molecule has 2 N–H and O–H groups in total. The molecule has 0 aliphatic heterocycles. The van der Waals surface area contributed by atoms with E-state index in [1.807, 2.05) is 12.1 Å². The zero-order valence-electron chi connectivity index (χ0n) is 13.2. The summed E-state index contributed by atoms with van der Waals surface area (Å²) >= 11 is 5.86. The van der Waals surface area contributed by atoms with Crippen LogP contribution < -0.4 is 0 Å². The summed E-state index contributed by atoms with van der Waals surface area (Å²) in [5.74, 6) is -1.60. The van der Waals surface area contributed by atoms with Gasteiger partial charge in [-0.3, -0.25) is 0 Å². The van der Waals surface area contributed by atoms with Gasteiger partial charge in [-0.1, -0.05) is 67.0 Å². The molecule has 1 atom stereocenters. The summed E-state index contributed by atoms with van der Waals surface area (Å²) in [7, 11) is 0. The molecule has 0 spiro atoms. The Bertz CT molecular complexity index is 755. The highest BCUT2D eigenvalue weighted by molar-refractivity contribution is 6.30. The second kappa shape index (κ2) is 7.01. The molecule has 0 bridgehead atoms. The maximum Gasteiger partial charge on any atom is 0.339 e. The number of carbonyl (C=O) groups is 1. The first-order valence-corrected chi connectivity index (χ1v) is 7.61. The minimum absolute atomic E-state index is 0.0277. The second-order valence-electron chi connectivity index (χ2n) is 5.96. The number of nitrogens with zero attached hydrogens (tertiary/aromatic N) is 1. The number of oxime groups is 1. The molecule has 0 fully saturated rings. The van der Waals surface area contributed by atoms with Gasteiger partial charge >= 0.3 is 5.97 Å². The molecule has 0 aliphatic rings. The average Bonchev–Trinajstić information content (AvgIpc) is 2.56. The second-order valence-corrected chi connectivity index (χ2v) is 6.39. The number of halogens is 2. The van der Waals surface area contributed by atoms with Crippen molar-refractivity contribution in [3.63, 3.8) is 0 Å². The number of aliphatic carboxylic acids is 1. The predicted molar refractivity (Wildman–Crippen MR) is 91.5 cm³/mol. The molecule has 126 valence electrons. The molecule has 6 heteroatoms. The van der Waals surface area contributed by atoms with Gasteiger partial charge < -0.3 is 10.3 Å². The summed E-state index contributed by atoms with van der Waals surface area (Å²) in [6, 6.07) is 14.2. The van der Waals surface area contributed by atoms with Gasteiger partial charge in [0.1, 0.15) is 0 Å². The molecule has 0 saturated heterocycles. The Balaban J connectivity index is 2.35. The van der Waals surface area contributed by atoms with Crippen LogP contribution in [0.1, 0.15) is 19.4 Å². The van der Waals surface area contributed by atoms with E-state index in [1.165, 1.54) is 13.8 Å². The van der Waals surface area contributed by atoms with Gasteiger partial charge in [-0.25, -0.2) is 9.18 Å². The van der Waals surface area contributed by atoms with Crippen LogP contribution >= 0.6 is 11.6 Å². The predicted octanol–water partition coefficient (Wildman–Crippen LogP) is 4.63. The first kappa shape index (κ1) is 17.9. The molecule has 1 unspecified atom stereocenters. The lowest BCUT2D eigenvalue weighted by Crippen LogP contribution is -2.40. The van der Waals surface area contributed by atoms with E-state index in [0.717, 1.165) is 11.1 Å². The highest BCUT2D eigenvalue weighted by atomic mass is 35.5. The largest absolute Gasteiger partial charge is 0.479 e. The fraction of sp³-hybridized carbons (Fsp3) is 0.222. The summed E-state index contributed by atoms with van der Waals surface area (Å²) in [6.07, 6.45) is -2.20. The van der Waals surface area contributed by atoms with Crippen molar-refractivity contribution in [1.82, 2.24) is 0 Å². The molecule has 2 aromatic carbocycles. The number of hydrogen-bond donors (Lipinski definition) is 2. The van der Waals surface area contributed by atoms with Crippen molar-refractivity contribution in [3.8, 4) is 11.1 Å². The van der Waals surface area contributed by atoms with E-state index in [9.17, 15) is 14.4 Å². The highest BCUT2D eigenvalue weighted by Gasteiger charge is 2.41. The lowest BCUT2D eigenvalue weighted by Gasteiger charge is -2.27. The van der Waals surface area contributed by atoms with Gasteiger partial charge in [0.2, 0.25) is 6.17 Å². The summed E-state index contributed by atoms with van der Waals surface area (Å²) in [6.45, 7) is 2.77. The maximum absolute atomic E-state index is 14.0. The van der Waals surface area contributed by atoms with E-state index in [4.69, 9.17) is 16.7 Å². The Labute approximate surface area is 144 Å². The van der Waals surface area contributed by atoms with Crippen molar-refractivity contribution < 1.29 is 19.5 Å². The quantitative estimate of drug-likeness (QED) is 0.469. The zero-order valence-corrected chi connectivity index (χ0v) is 14.0. The lowest BCUT2D eigenvalue weighted by atomic mass is 9.79. The van der Waals surface area contributed by atoms with E-state index in [-0.39, 0.29) is 5.71 Å². The summed E-state index contributed by atoms with van der Waals surface area (Å²) in [4.78, 5) is 10.9. The monoisotopic (exact) mass is 349 g/mol. The first-order chi connectivity index (χ1) is 11.3. The van der Waals surface area contributed by atoms with Crippen LogP contribution in [0.25, 0.3) is 11.1 Å². The molecule has 0 saturated carbocycles. The first-order valence-electron chi connectivity index (χ1n) is 7.23. The van der Waals surface area contributed by atoms with Gasteiger partial charge in [0.15, 0.2) is 0 Å². The lowest BCUT2D eigenvalue weighted by molar-refractivity contribution is -0.145. The van der Waals surface area contributed by atoms with Crippen LogP contribution in [0.5, 0.6) is 0 Å². The SMILES string of the molecule is CC(C)(/C(=N\O)c1ccc(-c2ccc(Cl)cc2)cc1)C(F)C(=O)O. The Morgan fingerprint density at radius 2 is 1.54 bits per heavy atom. The van der Waals surface area contributed by atoms with Crippen molar-refractivity contribution in [2.75, 3.05) is 0 Å². The average molecular weight is 350 g/mol. The van der Waals surface area contributed by atoms with Crippen LogP contribution in [-0.2, 0) is 4.79 Å². The van der Waals surface area contributed by atoms with Gasteiger partial charge in [-0.15, -0.1) is 0 Å². The van der Waals surface area contributed by atoms with Gasteiger partial charge in [0.25, 0.3) is 0 Å². The number of hydrogen-bond acceptors (Lipinski definition) is 3. The third-order valence-electron chi connectivity index (χ3n) is 3.90. The maximum atomic E-state index is 14.0. The highest BCUT2D eigenvalue weighted by Crippen LogP contribution is 2.31. The summed E-state index contributed by atoms with van der Waals surface area (Å²) in [5, 5.41) is 22.0. The van der Waals surface area contributed by atoms with Gasteiger partial charge in [-0.05, 0) is 23.3 Å². The number of alkyl halides is 1. The van der Waals surface area contributed by atoms with Crippen LogP contribution in [0, 0.1) is 5.41 Å². The van der Waals surface area contributed by atoms with E-state index in [2.05, 4.69) is 5.16 Å². The Kier molecular flexibility index (Phi) is 5.24. The molecule has 0 aromatic heterocycles. The van der Waals surface area contributed by atoms with Crippen molar-refractivity contribution in [2.24, 2.45) is 10.6 Å². The van der Waals surface area contributed by atoms with Crippen molar-refractivity contribution in [1.29, 1.82) is 0 Å². The number of rotatable bonds is 5. The van der Waals surface area contributed by atoms with Crippen molar-refractivity contribution >= 4 is 23.3 Å². The molecular formula is C18H17ClFNO3.